The summed E-state index contributed by atoms with van der Waals surface area (Å²) in [6, 6.07) is 6.62. The third kappa shape index (κ3) is 2.33. The standard InChI is InChI=1S/C10H13Br/c1-8-3-4-10(5-6-11)9(2)7-8/h3-4,7H,5-6H2,1-2H3. The van der Waals surface area contributed by atoms with Gasteiger partial charge in [-0.05, 0) is 31.4 Å². The van der Waals surface area contributed by atoms with Crippen molar-refractivity contribution in [3.05, 3.63) is 34.9 Å². The Labute approximate surface area is 76.8 Å². The average Bonchev–Trinajstić information content (AvgIpc) is 1.95. The second-order valence-electron chi connectivity index (χ2n) is 2.87. The summed E-state index contributed by atoms with van der Waals surface area (Å²) in [4.78, 5) is 0. The fourth-order valence-corrected chi connectivity index (χ4v) is 1.66. The van der Waals surface area contributed by atoms with Gasteiger partial charge in [0, 0.05) is 5.33 Å². The van der Waals surface area contributed by atoms with E-state index in [1.807, 2.05) is 0 Å². The summed E-state index contributed by atoms with van der Waals surface area (Å²) in [6.07, 6.45) is 1.13. The minimum Gasteiger partial charge on any atom is -0.0924 e. The zero-order valence-electron chi connectivity index (χ0n) is 7.02. The molecular weight excluding hydrogens is 200 g/mol. The molecule has 0 amide bonds. The summed E-state index contributed by atoms with van der Waals surface area (Å²) < 4.78 is 0. The van der Waals surface area contributed by atoms with Crippen LogP contribution in [0.3, 0.4) is 0 Å². The normalized spacial score (nSPS) is 10.1. The second kappa shape index (κ2) is 3.91. The molecule has 0 nitrogen and oxygen atoms in total. The lowest BCUT2D eigenvalue weighted by molar-refractivity contribution is 1.13. The summed E-state index contributed by atoms with van der Waals surface area (Å²) in [5, 5.41) is 1.05. The number of aryl methyl sites for hydroxylation is 3. The van der Waals surface area contributed by atoms with Gasteiger partial charge in [0.15, 0.2) is 0 Å². The van der Waals surface area contributed by atoms with Crippen molar-refractivity contribution in [2.45, 2.75) is 20.3 Å². The second-order valence-corrected chi connectivity index (χ2v) is 3.66. The smallest absolute Gasteiger partial charge is 0.00719 e. The molecule has 0 heterocycles. The third-order valence-corrected chi connectivity index (χ3v) is 2.26. The van der Waals surface area contributed by atoms with Gasteiger partial charge in [-0.2, -0.15) is 0 Å². The molecule has 0 bridgehead atoms. The van der Waals surface area contributed by atoms with Crippen LogP contribution in [0.15, 0.2) is 18.2 Å². The van der Waals surface area contributed by atoms with E-state index in [1.165, 1.54) is 16.7 Å². The minimum atomic E-state index is 1.05. The van der Waals surface area contributed by atoms with E-state index in [0.717, 1.165) is 11.8 Å². The summed E-state index contributed by atoms with van der Waals surface area (Å²) in [6.45, 7) is 4.30. The van der Waals surface area contributed by atoms with Crippen LogP contribution >= 0.6 is 15.9 Å². The number of benzene rings is 1. The molecule has 0 aliphatic heterocycles. The van der Waals surface area contributed by atoms with Gasteiger partial charge >= 0.3 is 0 Å². The van der Waals surface area contributed by atoms with Crippen molar-refractivity contribution < 1.29 is 0 Å². The first-order valence-corrected chi connectivity index (χ1v) is 4.98. The lowest BCUT2D eigenvalue weighted by Gasteiger charge is -2.03. The number of hydrogen-bond acceptors (Lipinski definition) is 0. The van der Waals surface area contributed by atoms with E-state index in [0.29, 0.717) is 0 Å². The Bertz CT molecular complexity index is 241. The minimum absolute atomic E-state index is 1.05. The Hall–Kier alpha value is -0.300. The first-order chi connectivity index (χ1) is 5.24. The molecule has 0 spiro atoms. The number of rotatable bonds is 2. The third-order valence-electron chi connectivity index (χ3n) is 1.86. The molecule has 1 rings (SSSR count). The monoisotopic (exact) mass is 212 g/mol. The highest BCUT2D eigenvalue weighted by molar-refractivity contribution is 9.09. The largest absolute Gasteiger partial charge is 0.0924 e. The Morgan fingerprint density at radius 2 is 2.00 bits per heavy atom. The van der Waals surface area contributed by atoms with E-state index >= 15 is 0 Å². The van der Waals surface area contributed by atoms with Gasteiger partial charge in [0.05, 0.1) is 0 Å². The first-order valence-electron chi connectivity index (χ1n) is 3.86. The van der Waals surface area contributed by atoms with Crippen molar-refractivity contribution in [3.8, 4) is 0 Å². The van der Waals surface area contributed by atoms with Gasteiger partial charge in [-0.25, -0.2) is 0 Å². The summed E-state index contributed by atoms with van der Waals surface area (Å²) in [7, 11) is 0. The molecule has 0 atom stereocenters. The Morgan fingerprint density at radius 1 is 1.27 bits per heavy atom. The lowest BCUT2D eigenvalue weighted by Crippen LogP contribution is -1.90. The highest BCUT2D eigenvalue weighted by Gasteiger charge is 1.95. The van der Waals surface area contributed by atoms with Gasteiger partial charge in [-0.1, -0.05) is 39.7 Å². The first kappa shape index (κ1) is 8.79. The number of hydrogen-bond donors (Lipinski definition) is 0. The summed E-state index contributed by atoms with van der Waals surface area (Å²) in [5.41, 5.74) is 4.21. The fraction of sp³-hybridized carbons (Fsp3) is 0.400. The molecule has 1 heteroatoms. The van der Waals surface area contributed by atoms with E-state index < -0.39 is 0 Å². The predicted octanol–water partition coefficient (Wildman–Crippen LogP) is 3.24. The van der Waals surface area contributed by atoms with Gasteiger partial charge < -0.3 is 0 Å². The number of halogens is 1. The van der Waals surface area contributed by atoms with Crippen molar-refractivity contribution in [3.63, 3.8) is 0 Å². The maximum atomic E-state index is 3.44. The van der Waals surface area contributed by atoms with E-state index in [-0.39, 0.29) is 0 Å². The fourth-order valence-electron chi connectivity index (χ4n) is 1.23. The summed E-state index contributed by atoms with van der Waals surface area (Å²) in [5.74, 6) is 0. The van der Waals surface area contributed by atoms with E-state index in [1.54, 1.807) is 0 Å². The molecule has 1 aromatic rings. The van der Waals surface area contributed by atoms with Gasteiger partial charge in [0.1, 0.15) is 0 Å². The van der Waals surface area contributed by atoms with E-state index in [2.05, 4.69) is 48.0 Å². The molecular formula is C10H13Br. The van der Waals surface area contributed by atoms with Crippen LogP contribution in [0.2, 0.25) is 0 Å². The topological polar surface area (TPSA) is 0 Å². The molecule has 0 aromatic heterocycles. The van der Waals surface area contributed by atoms with Crippen molar-refractivity contribution in [1.29, 1.82) is 0 Å². The van der Waals surface area contributed by atoms with E-state index in [9.17, 15) is 0 Å². The van der Waals surface area contributed by atoms with Gasteiger partial charge in [0.2, 0.25) is 0 Å². The highest BCUT2D eigenvalue weighted by Crippen LogP contribution is 2.11. The van der Waals surface area contributed by atoms with Crippen LogP contribution in [-0.2, 0) is 6.42 Å². The van der Waals surface area contributed by atoms with Crippen LogP contribution < -0.4 is 0 Å². The van der Waals surface area contributed by atoms with Crippen molar-refractivity contribution in [2.24, 2.45) is 0 Å². The molecule has 0 N–H and O–H groups in total. The Morgan fingerprint density at radius 3 is 2.55 bits per heavy atom. The van der Waals surface area contributed by atoms with Crippen LogP contribution in [0, 0.1) is 13.8 Å². The molecule has 11 heavy (non-hydrogen) atoms. The molecule has 0 saturated carbocycles. The molecule has 0 unspecified atom stereocenters. The maximum absolute atomic E-state index is 3.44. The summed E-state index contributed by atoms with van der Waals surface area (Å²) >= 11 is 3.44. The predicted molar refractivity (Wildman–Crippen MR) is 53.4 cm³/mol. The zero-order valence-corrected chi connectivity index (χ0v) is 8.61. The van der Waals surface area contributed by atoms with Crippen molar-refractivity contribution in [1.82, 2.24) is 0 Å². The van der Waals surface area contributed by atoms with Crippen LogP contribution in [0.4, 0.5) is 0 Å². The quantitative estimate of drug-likeness (QED) is 0.661. The van der Waals surface area contributed by atoms with Gasteiger partial charge in [0.25, 0.3) is 0 Å². The van der Waals surface area contributed by atoms with Crippen LogP contribution in [0.5, 0.6) is 0 Å². The average molecular weight is 213 g/mol. The molecule has 60 valence electrons. The highest BCUT2D eigenvalue weighted by atomic mass is 79.9. The molecule has 1 aromatic carbocycles. The van der Waals surface area contributed by atoms with E-state index in [4.69, 9.17) is 0 Å². The SMILES string of the molecule is Cc1ccc(CCBr)c(C)c1. The number of alkyl halides is 1. The Balaban J connectivity index is 2.90. The zero-order chi connectivity index (χ0) is 8.27. The molecule has 0 aliphatic rings. The molecule has 0 aliphatic carbocycles. The van der Waals surface area contributed by atoms with Crippen molar-refractivity contribution in [2.75, 3.05) is 5.33 Å². The molecule has 0 saturated heterocycles. The van der Waals surface area contributed by atoms with Gasteiger partial charge in [-0.3, -0.25) is 0 Å². The van der Waals surface area contributed by atoms with Crippen LogP contribution in [-0.4, -0.2) is 5.33 Å². The lowest BCUT2D eigenvalue weighted by atomic mass is 10.0. The van der Waals surface area contributed by atoms with Crippen LogP contribution in [0.1, 0.15) is 16.7 Å². The Kier molecular flexibility index (Phi) is 3.13. The van der Waals surface area contributed by atoms with Crippen LogP contribution in [0.25, 0.3) is 0 Å². The van der Waals surface area contributed by atoms with Gasteiger partial charge in [-0.15, -0.1) is 0 Å². The molecule has 0 fully saturated rings. The van der Waals surface area contributed by atoms with Crippen molar-refractivity contribution >= 4 is 15.9 Å². The maximum Gasteiger partial charge on any atom is 0.00719 e. The molecule has 0 radical (unpaired) electrons.